The first kappa shape index (κ1) is 13.8. The third-order valence-corrected chi connectivity index (χ3v) is 4.54. The molecule has 1 aromatic rings. The van der Waals surface area contributed by atoms with Crippen LogP contribution in [-0.2, 0) is 6.54 Å². The third kappa shape index (κ3) is 3.25. The number of anilines is 1. The van der Waals surface area contributed by atoms with Gasteiger partial charge >= 0.3 is 0 Å². The van der Waals surface area contributed by atoms with Crippen molar-refractivity contribution in [1.82, 2.24) is 9.80 Å². The van der Waals surface area contributed by atoms with E-state index in [1.54, 1.807) is 0 Å². The molecule has 0 saturated carbocycles. The van der Waals surface area contributed by atoms with E-state index in [2.05, 4.69) is 45.8 Å². The average molecular weight is 312 g/mol. The van der Waals surface area contributed by atoms with Gasteiger partial charge in [0.15, 0.2) is 0 Å². The Hall–Kier alpha value is -0.580. The monoisotopic (exact) mass is 311 g/mol. The Balaban J connectivity index is 2.01. The second-order valence-corrected chi connectivity index (χ2v) is 5.98. The van der Waals surface area contributed by atoms with E-state index in [1.807, 2.05) is 12.1 Å². The fourth-order valence-corrected chi connectivity index (χ4v) is 3.05. The lowest BCUT2D eigenvalue weighted by molar-refractivity contribution is 0.0882. The Bertz CT molecular complexity index is 408. The zero-order valence-corrected chi connectivity index (χ0v) is 12.8. The topological polar surface area (TPSA) is 32.5 Å². The quantitative estimate of drug-likeness (QED) is 0.871. The van der Waals surface area contributed by atoms with Gasteiger partial charge in [0.2, 0.25) is 0 Å². The van der Waals surface area contributed by atoms with Crippen LogP contribution in [0.25, 0.3) is 0 Å². The van der Waals surface area contributed by atoms with Crippen LogP contribution in [0, 0.1) is 0 Å². The van der Waals surface area contributed by atoms with Gasteiger partial charge in [-0.3, -0.25) is 4.90 Å². The number of rotatable bonds is 3. The molecule has 2 rings (SSSR count). The number of nitrogens with zero attached hydrogens (tertiary/aromatic N) is 2. The number of benzene rings is 1. The van der Waals surface area contributed by atoms with E-state index < -0.39 is 0 Å². The van der Waals surface area contributed by atoms with Crippen LogP contribution >= 0.6 is 15.9 Å². The molecule has 4 heteroatoms. The zero-order valence-electron chi connectivity index (χ0n) is 11.2. The highest BCUT2D eigenvalue weighted by atomic mass is 79.9. The lowest BCUT2D eigenvalue weighted by Gasteiger charge is -2.39. The van der Waals surface area contributed by atoms with Crippen molar-refractivity contribution in [1.29, 1.82) is 0 Å². The van der Waals surface area contributed by atoms with E-state index in [1.165, 1.54) is 12.0 Å². The summed E-state index contributed by atoms with van der Waals surface area (Å²) < 4.78 is 1.12. The molecule has 1 atom stereocenters. The summed E-state index contributed by atoms with van der Waals surface area (Å²) in [5, 5.41) is 0. The number of halogens is 1. The molecular formula is C14H22BrN3. The van der Waals surface area contributed by atoms with Crippen LogP contribution in [0.2, 0.25) is 0 Å². The number of nitrogens with two attached hydrogens (primary N) is 1. The fraction of sp³-hybridized carbons (Fsp3) is 0.571. The van der Waals surface area contributed by atoms with Gasteiger partial charge in [-0.25, -0.2) is 0 Å². The maximum absolute atomic E-state index is 5.77. The summed E-state index contributed by atoms with van der Waals surface area (Å²) in [6.07, 6.45) is 1.22. The number of nitrogen functional groups attached to an aromatic ring is 1. The minimum Gasteiger partial charge on any atom is -0.399 e. The molecule has 0 aromatic heterocycles. The van der Waals surface area contributed by atoms with E-state index in [-0.39, 0.29) is 0 Å². The Morgan fingerprint density at radius 1 is 1.39 bits per heavy atom. The summed E-state index contributed by atoms with van der Waals surface area (Å²) >= 11 is 3.60. The minimum atomic E-state index is 0.686. The predicted molar refractivity (Wildman–Crippen MR) is 80.5 cm³/mol. The Labute approximate surface area is 118 Å². The first-order chi connectivity index (χ1) is 8.60. The molecule has 100 valence electrons. The van der Waals surface area contributed by atoms with Gasteiger partial charge in [0.05, 0.1) is 0 Å². The molecule has 1 saturated heterocycles. The highest BCUT2D eigenvalue weighted by molar-refractivity contribution is 9.10. The number of hydrogen-bond donors (Lipinski definition) is 1. The van der Waals surface area contributed by atoms with Gasteiger partial charge < -0.3 is 10.6 Å². The molecule has 18 heavy (non-hydrogen) atoms. The molecule has 0 bridgehead atoms. The first-order valence-corrected chi connectivity index (χ1v) is 7.36. The molecular weight excluding hydrogens is 290 g/mol. The molecule has 0 aliphatic carbocycles. The van der Waals surface area contributed by atoms with Crippen LogP contribution in [0.1, 0.15) is 18.9 Å². The van der Waals surface area contributed by atoms with Crippen LogP contribution in [-0.4, -0.2) is 42.5 Å². The molecule has 1 unspecified atom stereocenters. The third-order valence-electron chi connectivity index (χ3n) is 3.80. The molecule has 3 nitrogen and oxygen atoms in total. The van der Waals surface area contributed by atoms with Gasteiger partial charge in [-0.1, -0.05) is 28.9 Å². The van der Waals surface area contributed by atoms with Crippen molar-refractivity contribution >= 4 is 21.6 Å². The van der Waals surface area contributed by atoms with Crippen LogP contribution < -0.4 is 5.73 Å². The van der Waals surface area contributed by atoms with Gasteiger partial charge in [-0.05, 0) is 31.2 Å². The van der Waals surface area contributed by atoms with Crippen LogP contribution in [0.4, 0.5) is 5.69 Å². The largest absolute Gasteiger partial charge is 0.399 e. The second kappa shape index (κ2) is 6.04. The summed E-state index contributed by atoms with van der Waals surface area (Å²) in [6, 6.07) is 6.78. The minimum absolute atomic E-state index is 0.686. The van der Waals surface area contributed by atoms with Crippen molar-refractivity contribution < 1.29 is 0 Å². The molecule has 1 heterocycles. The molecule has 2 N–H and O–H groups in total. The van der Waals surface area contributed by atoms with Gasteiger partial charge in [-0.2, -0.15) is 0 Å². The van der Waals surface area contributed by atoms with Crippen molar-refractivity contribution in [3.63, 3.8) is 0 Å². The molecule has 1 aliphatic heterocycles. The predicted octanol–water partition coefficient (Wildman–Crippen LogP) is 2.56. The Morgan fingerprint density at radius 3 is 2.83 bits per heavy atom. The van der Waals surface area contributed by atoms with E-state index in [0.29, 0.717) is 6.04 Å². The van der Waals surface area contributed by atoms with Crippen LogP contribution in [0.5, 0.6) is 0 Å². The second-order valence-electron chi connectivity index (χ2n) is 5.13. The molecule has 0 radical (unpaired) electrons. The smallest absolute Gasteiger partial charge is 0.0325 e. The Morgan fingerprint density at radius 2 is 2.17 bits per heavy atom. The molecule has 1 fully saturated rings. The highest BCUT2D eigenvalue weighted by Gasteiger charge is 2.22. The van der Waals surface area contributed by atoms with Crippen LogP contribution in [0.3, 0.4) is 0 Å². The summed E-state index contributed by atoms with van der Waals surface area (Å²) in [5.41, 5.74) is 7.91. The van der Waals surface area contributed by atoms with Crippen molar-refractivity contribution in [2.75, 3.05) is 32.4 Å². The molecule has 1 aromatic carbocycles. The van der Waals surface area contributed by atoms with Gasteiger partial charge in [0.25, 0.3) is 0 Å². The van der Waals surface area contributed by atoms with Crippen molar-refractivity contribution in [3.05, 3.63) is 28.2 Å². The lowest BCUT2D eigenvalue weighted by Crippen LogP contribution is -2.50. The molecule has 0 amide bonds. The maximum Gasteiger partial charge on any atom is 0.0325 e. The van der Waals surface area contributed by atoms with E-state index in [9.17, 15) is 0 Å². The first-order valence-electron chi connectivity index (χ1n) is 6.56. The van der Waals surface area contributed by atoms with Gasteiger partial charge in [-0.15, -0.1) is 0 Å². The highest BCUT2D eigenvalue weighted by Crippen LogP contribution is 2.22. The molecule has 1 aliphatic rings. The number of piperazine rings is 1. The average Bonchev–Trinajstić information content (AvgIpc) is 2.35. The summed E-state index contributed by atoms with van der Waals surface area (Å²) in [4.78, 5) is 5.00. The van der Waals surface area contributed by atoms with Crippen LogP contribution in [0.15, 0.2) is 22.7 Å². The van der Waals surface area contributed by atoms with E-state index in [0.717, 1.165) is 36.3 Å². The lowest BCUT2D eigenvalue weighted by atomic mass is 10.1. The summed E-state index contributed by atoms with van der Waals surface area (Å²) in [7, 11) is 2.23. The normalized spacial score (nSPS) is 22.3. The zero-order chi connectivity index (χ0) is 13.1. The molecule has 0 spiro atoms. The van der Waals surface area contributed by atoms with E-state index >= 15 is 0 Å². The van der Waals surface area contributed by atoms with Crippen molar-refractivity contribution in [3.8, 4) is 0 Å². The summed E-state index contributed by atoms with van der Waals surface area (Å²) in [6.45, 7) is 6.73. The number of hydrogen-bond acceptors (Lipinski definition) is 3. The maximum atomic E-state index is 5.77. The van der Waals surface area contributed by atoms with Crippen molar-refractivity contribution in [2.45, 2.75) is 25.9 Å². The number of likely N-dealkylation sites (N-methyl/N-ethyl adjacent to an activating group) is 1. The Kier molecular flexibility index (Phi) is 4.65. The van der Waals surface area contributed by atoms with Gasteiger partial charge in [0, 0.05) is 42.4 Å². The van der Waals surface area contributed by atoms with E-state index in [4.69, 9.17) is 5.73 Å². The summed E-state index contributed by atoms with van der Waals surface area (Å²) in [5.74, 6) is 0. The van der Waals surface area contributed by atoms with Crippen molar-refractivity contribution in [2.24, 2.45) is 0 Å². The fourth-order valence-electron chi connectivity index (χ4n) is 2.53. The standard InChI is InChI=1S/C14H22BrN3/c1-3-13-10-18(7-6-17(13)2)9-11-4-5-12(16)8-14(11)15/h4-5,8,13H,3,6-7,9-10,16H2,1-2H3. The SMILES string of the molecule is CCC1CN(Cc2ccc(N)cc2Br)CCN1C. The van der Waals surface area contributed by atoms with Gasteiger partial charge in [0.1, 0.15) is 0 Å².